The van der Waals surface area contributed by atoms with Crippen molar-refractivity contribution in [2.24, 2.45) is 5.41 Å². The number of nitrogens with zero attached hydrogens (tertiary/aromatic N) is 3. The average Bonchev–Trinajstić information content (AvgIpc) is 2.63. The normalized spacial score (nSPS) is 15.5. The van der Waals surface area contributed by atoms with Crippen molar-refractivity contribution in [2.45, 2.75) is 52.6 Å². The van der Waals surface area contributed by atoms with Gasteiger partial charge in [-0.25, -0.2) is 4.68 Å². The Kier molecular flexibility index (Phi) is 6.17. The number of amides is 1. The van der Waals surface area contributed by atoms with Gasteiger partial charge in [-0.15, -0.1) is 0 Å². The number of piperidine rings is 1. The van der Waals surface area contributed by atoms with Crippen molar-refractivity contribution < 1.29 is 4.79 Å². The van der Waals surface area contributed by atoms with Crippen molar-refractivity contribution in [3.8, 4) is 0 Å². The molecular weight excluding hydrogens is 352 g/mol. The van der Waals surface area contributed by atoms with Gasteiger partial charge in [-0.05, 0) is 23.8 Å². The Balaban J connectivity index is 1.55. The zero-order valence-electron chi connectivity index (χ0n) is 17.0. The van der Waals surface area contributed by atoms with Crippen LogP contribution >= 0.6 is 0 Å². The lowest BCUT2D eigenvalue weighted by Gasteiger charge is -2.34. The first-order valence-electron chi connectivity index (χ1n) is 9.95. The summed E-state index contributed by atoms with van der Waals surface area (Å²) in [4.78, 5) is 26.8. The molecule has 1 aromatic carbocycles. The molecule has 0 radical (unpaired) electrons. The molecule has 150 valence electrons. The van der Waals surface area contributed by atoms with Gasteiger partial charge < -0.3 is 10.2 Å². The predicted octanol–water partition coefficient (Wildman–Crippen LogP) is 2.81. The molecule has 6 nitrogen and oxygen atoms in total. The summed E-state index contributed by atoms with van der Waals surface area (Å²) in [6.07, 6.45) is 4.06. The molecule has 1 aliphatic rings. The van der Waals surface area contributed by atoms with Crippen LogP contribution in [0.15, 0.2) is 47.4 Å². The van der Waals surface area contributed by atoms with E-state index < -0.39 is 0 Å². The molecular formula is C22H30N4O2. The van der Waals surface area contributed by atoms with E-state index in [1.807, 2.05) is 30.3 Å². The van der Waals surface area contributed by atoms with Crippen LogP contribution in [-0.4, -0.2) is 34.8 Å². The Labute approximate surface area is 166 Å². The summed E-state index contributed by atoms with van der Waals surface area (Å²) in [7, 11) is 0. The summed E-state index contributed by atoms with van der Waals surface area (Å²) in [5, 5.41) is 7.50. The Bertz CT molecular complexity index is 847. The van der Waals surface area contributed by atoms with Gasteiger partial charge in [0, 0.05) is 31.6 Å². The molecule has 1 saturated heterocycles. The van der Waals surface area contributed by atoms with Gasteiger partial charge in [0.1, 0.15) is 0 Å². The van der Waals surface area contributed by atoms with Crippen LogP contribution in [0, 0.1) is 5.41 Å². The number of carbonyl (C=O) groups is 1. The van der Waals surface area contributed by atoms with Crippen LogP contribution in [0.3, 0.4) is 0 Å². The van der Waals surface area contributed by atoms with E-state index in [1.54, 1.807) is 12.3 Å². The number of nitrogens with one attached hydrogen (secondary N) is 1. The molecule has 0 aliphatic carbocycles. The molecule has 2 aromatic rings. The highest BCUT2D eigenvalue weighted by molar-refractivity contribution is 5.76. The average molecular weight is 383 g/mol. The summed E-state index contributed by atoms with van der Waals surface area (Å²) in [5.41, 5.74) is 1.81. The second kappa shape index (κ2) is 8.59. The minimum absolute atomic E-state index is 0.000143. The van der Waals surface area contributed by atoms with Gasteiger partial charge in [-0.3, -0.25) is 9.59 Å². The van der Waals surface area contributed by atoms with Gasteiger partial charge in [0.15, 0.2) is 0 Å². The van der Waals surface area contributed by atoms with Crippen molar-refractivity contribution in [3.63, 3.8) is 0 Å². The van der Waals surface area contributed by atoms with Crippen LogP contribution in [0.5, 0.6) is 0 Å². The van der Waals surface area contributed by atoms with E-state index in [1.165, 1.54) is 4.68 Å². The third-order valence-corrected chi connectivity index (χ3v) is 4.95. The highest BCUT2D eigenvalue weighted by atomic mass is 16.1. The highest BCUT2D eigenvalue weighted by Gasteiger charge is 2.23. The Morgan fingerprint density at radius 3 is 2.46 bits per heavy atom. The first-order valence-corrected chi connectivity index (χ1v) is 9.95. The quantitative estimate of drug-likeness (QED) is 0.863. The monoisotopic (exact) mass is 382 g/mol. The van der Waals surface area contributed by atoms with Gasteiger partial charge in [-0.1, -0.05) is 51.1 Å². The molecule has 0 saturated carbocycles. The van der Waals surface area contributed by atoms with Gasteiger partial charge in [0.05, 0.1) is 18.4 Å². The number of hydrogen-bond donors (Lipinski definition) is 1. The van der Waals surface area contributed by atoms with E-state index in [2.05, 4.69) is 36.1 Å². The maximum absolute atomic E-state index is 12.4. The molecule has 0 atom stereocenters. The number of aromatic nitrogens is 2. The Morgan fingerprint density at radius 2 is 1.86 bits per heavy atom. The molecule has 6 heteroatoms. The van der Waals surface area contributed by atoms with E-state index in [-0.39, 0.29) is 22.9 Å². The number of anilines is 1. The largest absolute Gasteiger partial charge is 0.370 e. The molecule has 0 spiro atoms. The fraction of sp³-hybridized carbons (Fsp3) is 0.500. The summed E-state index contributed by atoms with van der Waals surface area (Å²) in [6, 6.07) is 11.7. The van der Waals surface area contributed by atoms with E-state index in [0.717, 1.165) is 37.2 Å². The van der Waals surface area contributed by atoms with E-state index in [0.29, 0.717) is 13.0 Å². The molecule has 3 rings (SSSR count). The molecule has 28 heavy (non-hydrogen) atoms. The third kappa shape index (κ3) is 5.68. The molecule has 2 heterocycles. The minimum Gasteiger partial charge on any atom is -0.370 e. The molecule has 0 bridgehead atoms. The van der Waals surface area contributed by atoms with Gasteiger partial charge in [0.2, 0.25) is 5.91 Å². The number of benzene rings is 1. The van der Waals surface area contributed by atoms with Crippen molar-refractivity contribution in [2.75, 3.05) is 18.0 Å². The SMILES string of the molecule is CC(C)(C)CC(=O)NC1CCN(c2cnn(Cc3ccccc3)c(=O)c2)CC1. The van der Waals surface area contributed by atoms with Crippen molar-refractivity contribution >= 4 is 11.6 Å². The van der Waals surface area contributed by atoms with Crippen LogP contribution < -0.4 is 15.8 Å². The van der Waals surface area contributed by atoms with Crippen LogP contribution in [0.4, 0.5) is 5.69 Å². The topological polar surface area (TPSA) is 67.2 Å². The molecule has 0 unspecified atom stereocenters. The summed E-state index contributed by atoms with van der Waals surface area (Å²) >= 11 is 0. The number of hydrogen-bond acceptors (Lipinski definition) is 4. The van der Waals surface area contributed by atoms with Crippen LogP contribution in [0.25, 0.3) is 0 Å². The van der Waals surface area contributed by atoms with Crippen molar-refractivity contribution in [1.29, 1.82) is 0 Å². The lowest BCUT2D eigenvalue weighted by atomic mass is 9.91. The van der Waals surface area contributed by atoms with Gasteiger partial charge in [-0.2, -0.15) is 5.10 Å². The number of carbonyl (C=O) groups excluding carboxylic acids is 1. The van der Waals surface area contributed by atoms with Gasteiger partial charge >= 0.3 is 0 Å². The zero-order chi connectivity index (χ0) is 20.1. The first kappa shape index (κ1) is 20.1. The smallest absolute Gasteiger partial charge is 0.269 e. The summed E-state index contributed by atoms with van der Waals surface area (Å²) < 4.78 is 1.48. The maximum Gasteiger partial charge on any atom is 0.269 e. The number of rotatable bonds is 5. The molecule has 1 aliphatic heterocycles. The minimum atomic E-state index is -0.0954. The fourth-order valence-electron chi connectivity index (χ4n) is 3.51. The third-order valence-electron chi connectivity index (χ3n) is 4.95. The second-order valence-electron chi connectivity index (χ2n) is 8.76. The van der Waals surface area contributed by atoms with Crippen LogP contribution in [-0.2, 0) is 11.3 Å². The van der Waals surface area contributed by atoms with Gasteiger partial charge in [0.25, 0.3) is 5.56 Å². The van der Waals surface area contributed by atoms with Crippen molar-refractivity contribution in [3.05, 3.63) is 58.5 Å². The molecule has 1 amide bonds. The Hall–Kier alpha value is -2.63. The Morgan fingerprint density at radius 1 is 1.18 bits per heavy atom. The fourth-order valence-corrected chi connectivity index (χ4v) is 3.51. The summed E-state index contributed by atoms with van der Waals surface area (Å²) in [5.74, 6) is 0.121. The van der Waals surface area contributed by atoms with Crippen LogP contribution in [0.1, 0.15) is 45.6 Å². The van der Waals surface area contributed by atoms with Crippen LogP contribution in [0.2, 0.25) is 0 Å². The lowest BCUT2D eigenvalue weighted by Crippen LogP contribution is -2.45. The first-order chi connectivity index (χ1) is 13.3. The standard InChI is InChI=1S/C22H30N4O2/c1-22(2,3)14-20(27)24-18-9-11-25(12-10-18)19-13-21(28)26(23-15-19)16-17-7-5-4-6-8-17/h4-8,13,15,18H,9-12,14,16H2,1-3H3,(H,24,27). The highest BCUT2D eigenvalue weighted by Crippen LogP contribution is 2.20. The van der Waals surface area contributed by atoms with E-state index >= 15 is 0 Å². The zero-order valence-corrected chi connectivity index (χ0v) is 17.0. The van der Waals surface area contributed by atoms with E-state index in [9.17, 15) is 9.59 Å². The maximum atomic E-state index is 12.4. The molecule has 1 fully saturated rings. The van der Waals surface area contributed by atoms with E-state index in [4.69, 9.17) is 0 Å². The lowest BCUT2D eigenvalue weighted by molar-refractivity contribution is -0.123. The molecule has 1 N–H and O–H groups in total. The summed E-state index contributed by atoms with van der Waals surface area (Å²) in [6.45, 7) is 8.31. The second-order valence-corrected chi connectivity index (χ2v) is 8.76. The molecule has 1 aromatic heterocycles. The predicted molar refractivity (Wildman–Crippen MR) is 111 cm³/mol. The van der Waals surface area contributed by atoms with Crippen molar-refractivity contribution in [1.82, 2.24) is 15.1 Å².